The largest absolute Gasteiger partial charge is 0.507 e. The molecule has 0 aromatic heterocycles. The predicted molar refractivity (Wildman–Crippen MR) is 179 cm³/mol. The molecule has 1 N–H and O–H groups in total. The van der Waals surface area contributed by atoms with Crippen LogP contribution in [0.2, 0.25) is 0 Å². The summed E-state index contributed by atoms with van der Waals surface area (Å²) in [5.74, 6) is -9.51. The summed E-state index contributed by atoms with van der Waals surface area (Å²) in [6.45, 7) is 5.64. The summed E-state index contributed by atoms with van der Waals surface area (Å²) in [5.41, 5.74) is -0.546. The Bertz CT molecular complexity index is 1820. The van der Waals surface area contributed by atoms with Crippen molar-refractivity contribution in [2.45, 2.75) is 110 Å². The molecular weight excluding hydrogens is 768 g/mol. The zero-order valence-electron chi connectivity index (χ0n) is 31.6. The number of hydrogen-bond donors (Lipinski definition) is 1. The van der Waals surface area contributed by atoms with Gasteiger partial charge in [-0.2, -0.15) is 0 Å². The summed E-state index contributed by atoms with van der Waals surface area (Å²) in [4.78, 5) is 113. The maximum Gasteiger partial charge on any atom is 0.303 e. The molecule has 2 heterocycles. The number of aromatic hydroxyl groups is 1. The van der Waals surface area contributed by atoms with Gasteiger partial charge in [-0.1, -0.05) is 12.1 Å². The van der Waals surface area contributed by atoms with E-state index in [2.05, 4.69) is 0 Å². The Balaban J connectivity index is 1.83. The molecule has 0 amide bonds. The standard InChI is InChI=1S/C36H40O21/c1-14(37)47-12-25-29(49-16(3)39)31(50-17(4)40)34(53-20(7)43)36(56-25)57-30-26(13-48-15(2)38)55-35(33(52-19(6)42)32(30)51-18(5)41)54-24-11-23(45)21-9-8-10-22(44)27(21)28(24)46/h8-11,25-26,29-36,44H,12-13H2,1-7H3/t25-,26+,29-,30-,31+,32+,33-,34-,35-,36+/m1/s1. The number of benzene rings is 1. The molecule has 2 fully saturated rings. The summed E-state index contributed by atoms with van der Waals surface area (Å²) >= 11 is 0. The van der Waals surface area contributed by atoms with Gasteiger partial charge in [0.05, 0.1) is 5.56 Å². The SMILES string of the molecule is CC(=O)OC[C@@H]1O[C@@H](OC2=CC(=O)c3cccc(O)c3C2=O)[C@H](OC(C)=O)[C@@H](OC(C)=O)[C@@H]1O[C@@H]1O[C@H](COC(C)=O)[C@@H](OC(C)=O)[C@H](OC(C)=O)[C@H]1OC(C)=O. The smallest absolute Gasteiger partial charge is 0.303 e. The summed E-state index contributed by atoms with van der Waals surface area (Å²) in [5, 5.41) is 10.4. The number of carbonyl (C=O) groups excluding carboxylic acids is 9. The first-order valence-corrected chi connectivity index (χ1v) is 17.2. The lowest BCUT2D eigenvalue weighted by Gasteiger charge is -2.48. The van der Waals surface area contributed by atoms with E-state index in [0.29, 0.717) is 0 Å². The average molecular weight is 809 g/mol. The molecule has 21 nitrogen and oxygen atoms in total. The summed E-state index contributed by atoms with van der Waals surface area (Å²) in [6, 6.07) is 3.80. The monoisotopic (exact) mass is 808 g/mol. The van der Waals surface area contributed by atoms with Crippen LogP contribution in [0.3, 0.4) is 0 Å². The van der Waals surface area contributed by atoms with Crippen LogP contribution in [-0.2, 0) is 85.7 Å². The van der Waals surface area contributed by atoms with Gasteiger partial charge in [0.2, 0.25) is 18.2 Å². The number of Topliss-reactive ketones (excluding diaryl/α,β-unsaturated/α-hetero) is 1. The molecule has 3 aliphatic rings. The van der Waals surface area contributed by atoms with Crippen molar-refractivity contribution in [2.75, 3.05) is 13.2 Å². The Labute approximate surface area is 323 Å². The van der Waals surface area contributed by atoms with E-state index in [9.17, 15) is 48.3 Å². The van der Waals surface area contributed by atoms with E-state index in [4.69, 9.17) is 52.1 Å². The number of hydrogen-bond acceptors (Lipinski definition) is 21. The van der Waals surface area contributed by atoms with Gasteiger partial charge in [-0.15, -0.1) is 0 Å². The van der Waals surface area contributed by atoms with Crippen molar-refractivity contribution < 1.29 is 100 Å². The number of fused-ring (bicyclic) bond motifs is 1. The highest BCUT2D eigenvalue weighted by Crippen LogP contribution is 2.37. The van der Waals surface area contributed by atoms with E-state index in [1.165, 1.54) is 12.1 Å². The number of esters is 7. The Morgan fingerprint density at radius 3 is 1.53 bits per heavy atom. The van der Waals surface area contributed by atoms with Crippen LogP contribution in [-0.4, -0.2) is 133 Å². The molecule has 2 saturated heterocycles. The third-order valence-electron chi connectivity index (χ3n) is 8.15. The molecule has 21 heteroatoms. The first kappa shape index (κ1) is 43.8. The molecule has 310 valence electrons. The van der Waals surface area contributed by atoms with Crippen molar-refractivity contribution in [2.24, 2.45) is 0 Å². The maximum atomic E-state index is 13.5. The number of ketones is 2. The van der Waals surface area contributed by atoms with Gasteiger partial charge in [0.15, 0.2) is 42.2 Å². The molecule has 0 unspecified atom stereocenters. The Morgan fingerprint density at radius 1 is 0.579 bits per heavy atom. The van der Waals surface area contributed by atoms with Gasteiger partial charge < -0.3 is 57.2 Å². The summed E-state index contributed by atoms with van der Waals surface area (Å²) in [6.07, 6.45) is -16.8. The van der Waals surface area contributed by atoms with E-state index >= 15 is 0 Å². The number of allylic oxidation sites excluding steroid dienone is 2. The van der Waals surface area contributed by atoms with Crippen LogP contribution in [0.5, 0.6) is 5.75 Å². The lowest BCUT2D eigenvalue weighted by molar-refractivity contribution is -0.358. The van der Waals surface area contributed by atoms with E-state index in [1.54, 1.807) is 0 Å². The molecule has 2 aliphatic heterocycles. The van der Waals surface area contributed by atoms with Crippen molar-refractivity contribution in [3.63, 3.8) is 0 Å². The molecule has 1 aliphatic carbocycles. The molecule has 1 aromatic rings. The number of rotatable bonds is 13. The zero-order chi connectivity index (χ0) is 42.3. The van der Waals surface area contributed by atoms with Crippen LogP contribution in [0.25, 0.3) is 0 Å². The van der Waals surface area contributed by atoms with Gasteiger partial charge in [0.1, 0.15) is 37.3 Å². The maximum absolute atomic E-state index is 13.5. The highest BCUT2D eigenvalue weighted by molar-refractivity contribution is 6.24. The van der Waals surface area contributed by atoms with Crippen LogP contribution >= 0.6 is 0 Å². The molecule has 10 atom stereocenters. The molecule has 1 aromatic carbocycles. The third kappa shape index (κ3) is 11.1. The van der Waals surface area contributed by atoms with Crippen LogP contribution in [0.15, 0.2) is 30.0 Å². The van der Waals surface area contributed by atoms with E-state index < -0.39 is 145 Å². The fourth-order valence-electron chi connectivity index (χ4n) is 6.15. The van der Waals surface area contributed by atoms with Crippen molar-refractivity contribution in [1.82, 2.24) is 0 Å². The van der Waals surface area contributed by atoms with Crippen molar-refractivity contribution >= 4 is 53.4 Å². The van der Waals surface area contributed by atoms with Gasteiger partial charge >= 0.3 is 41.8 Å². The Hall–Kier alpha value is -5.93. The Morgan fingerprint density at radius 2 is 1.02 bits per heavy atom. The number of phenols is 1. The van der Waals surface area contributed by atoms with E-state index in [0.717, 1.165) is 60.6 Å². The minimum atomic E-state index is -1.94. The fraction of sp³-hybridized carbons (Fsp3) is 0.528. The number of phenolic OH excluding ortho intramolecular Hbond substituents is 1. The van der Waals surface area contributed by atoms with Gasteiger partial charge in [-0.25, -0.2) is 0 Å². The Kier molecular flexibility index (Phi) is 14.4. The van der Waals surface area contributed by atoms with E-state index in [1.807, 2.05) is 0 Å². The lowest BCUT2D eigenvalue weighted by Crippen LogP contribution is -2.67. The molecule has 57 heavy (non-hydrogen) atoms. The van der Waals surface area contributed by atoms with Crippen molar-refractivity contribution in [3.05, 3.63) is 41.2 Å². The highest BCUT2D eigenvalue weighted by atomic mass is 16.8. The highest BCUT2D eigenvalue weighted by Gasteiger charge is 2.58. The van der Waals surface area contributed by atoms with Gasteiger partial charge in [0, 0.05) is 60.1 Å². The second kappa shape index (κ2) is 18.8. The second-order valence-electron chi connectivity index (χ2n) is 12.7. The number of carbonyl (C=O) groups is 9. The fourth-order valence-corrected chi connectivity index (χ4v) is 6.15. The summed E-state index contributed by atoms with van der Waals surface area (Å²) in [7, 11) is 0. The summed E-state index contributed by atoms with van der Waals surface area (Å²) < 4.78 is 61.8. The molecule has 4 rings (SSSR count). The third-order valence-corrected chi connectivity index (χ3v) is 8.15. The van der Waals surface area contributed by atoms with Crippen molar-refractivity contribution in [3.8, 4) is 5.75 Å². The minimum absolute atomic E-state index is 0.141. The quantitative estimate of drug-likeness (QED) is 0.207. The average Bonchev–Trinajstić information content (AvgIpc) is 3.09. The molecule has 0 saturated carbocycles. The topological polar surface area (TPSA) is 275 Å². The van der Waals surface area contributed by atoms with Crippen LogP contribution in [0.4, 0.5) is 0 Å². The van der Waals surface area contributed by atoms with Gasteiger partial charge in [-0.3, -0.25) is 43.2 Å². The van der Waals surface area contributed by atoms with E-state index in [-0.39, 0.29) is 5.56 Å². The second-order valence-corrected chi connectivity index (χ2v) is 12.7. The van der Waals surface area contributed by atoms with Crippen molar-refractivity contribution in [1.29, 1.82) is 0 Å². The first-order valence-electron chi connectivity index (χ1n) is 17.2. The van der Waals surface area contributed by atoms with Gasteiger partial charge in [0.25, 0.3) is 0 Å². The van der Waals surface area contributed by atoms with Crippen LogP contribution in [0, 0.1) is 0 Å². The van der Waals surface area contributed by atoms with Crippen LogP contribution < -0.4 is 0 Å². The minimum Gasteiger partial charge on any atom is -0.507 e. The molecule has 0 radical (unpaired) electrons. The first-order chi connectivity index (χ1) is 26.8. The molecular formula is C36H40O21. The van der Waals surface area contributed by atoms with Gasteiger partial charge in [-0.05, 0) is 6.07 Å². The normalized spacial score (nSPS) is 28.0. The number of ether oxygens (including phenoxy) is 11. The predicted octanol–water partition coefficient (Wildman–Crippen LogP) is 0.291. The molecule has 0 bridgehead atoms. The zero-order valence-corrected chi connectivity index (χ0v) is 31.6. The lowest BCUT2D eigenvalue weighted by atomic mass is 9.92. The molecule has 0 spiro atoms. The van der Waals surface area contributed by atoms with Crippen LogP contribution in [0.1, 0.15) is 69.2 Å².